The quantitative estimate of drug-likeness (QED) is 0.305. The van der Waals surface area contributed by atoms with Crippen molar-refractivity contribution in [1.82, 2.24) is 5.43 Å². The van der Waals surface area contributed by atoms with Gasteiger partial charge in [0.1, 0.15) is 0 Å². The number of rotatable bonds is 2. The van der Waals surface area contributed by atoms with Gasteiger partial charge in [-0.1, -0.05) is 0 Å². The van der Waals surface area contributed by atoms with E-state index in [9.17, 15) is 0 Å². The van der Waals surface area contributed by atoms with Gasteiger partial charge in [-0.2, -0.15) is 0 Å². The van der Waals surface area contributed by atoms with Crippen LogP contribution in [0.5, 0.6) is 0 Å². The van der Waals surface area contributed by atoms with E-state index in [-0.39, 0.29) is 0 Å². The molecule has 0 radical (unpaired) electrons. The molecule has 2 heteroatoms. The van der Waals surface area contributed by atoms with E-state index in [2.05, 4.69) is 17.3 Å². The molecule has 0 bridgehead atoms. The summed E-state index contributed by atoms with van der Waals surface area (Å²) in [6.07, 6.45) is 0.826. The smallest absolute Gasteiger partial charge is 0.0291 e. The van der Waals surface area contributed by atoms with E-state index in [4.69, 9.17) is 5.84 Å². The van der Waals surface area contributed by atoms with E-state index in [0.29, 0.717) is 6.04 Å². The molecule has 0 rings (SSSR count). The summed E-state index contributed by atoms with van der Waals surface area (Å²) < 4.78 is 0. The minimum absolute atomic E-state index is 0.308. The molecule has 0 aliphatic carbocycles. The van der Waals surface area contributed by atoms with Crippen molar-refractivity contribution in [2.75, 3.05) is 0 Å². The summed E-state index contributed by atoms with van der Waals surface area (Å²) in [6.45, 7) is 3.81. The lowest BCUT2D eigenvalue weighted by Crippen LogP contribution is -2.31. The molecule has 0 saturated carbocycles. The molecule has 0 amide bonds. The van der Waals surface area contributed by atoms with Crippen molar-refractivity contribution in [3.05, 3.63) is 0 Å². The highest BCUT2D eigenvalue weighted by Gasteiger charge is 1.90. The second-order valence-electron chi connectivity index (χ2n) is 1.70. The lowest BCUT2D eigenvalue weighted by Gasteiger charge is -2.01. The SMILES string of the molecule is CC#CCC(C)NN. The van der Waals surface area contributed by atoms with Crippen molar-refractivity contribution < 1.29 is 0 Å². The first-order valence-corrected chi connectivity index (χ1v) is 2.67. The van der Waals surface area contributed by atoms with E-state index >= 15 is 0 Å². The summed E-state index contributed by atoms with van der Waals surface area (Å²) >= 11 is 0. The fraction of sp³-hybridized carbons (Fsp3) is 0.667. The monoisotopic (exact) mass is 112 g/mol. The third-order valence-electron chi connectivity index (χ3n) is 0.870. The molecule has 3 N–H and O–H groups in total. The van der Waals surface area contributed by atoms with Gasteiger partial charge in [0.25, 0.3) is 0 Å². The van der Waals surface area contributed by atoms with Gasteiger partial charge in [0.2, 0.25) is 0 Å². The first-order valence-electron chi connectivity index (χ1n) is 2.67. The van der Waals surface area contributed by atoms with Crippen LogP contribution in [-0.2, 0) is 0 Å². The van der Waals surface area contributed by atoms with Crippen molar-refractivity contribution in [2.24, 2.45) is 5.84 Å². The van der Waals surface area contributed by atoms with Crippen LogP contribution in [0.1, 0.15) is 20.3 Å². The summed E-state index contributed by atoms with van der Waals surface area (Å²) in [5, 5.41) is 0. The zero-order valence-electron chi connectivity index (χ0n) is 5.36. The summed E-state index contributed by atoms with van der Waals surface area (Å²) in [5.41, 5.74) is 2.60. The normalized spacial score (nSPS) is 11.9. The third kappa shape index (κ3) is 3.66. The van der Waals surface area contributed by atoms with Crippen LogP contribution in [0, 0.1) is 11.8 Å². The fourth-order valence-corrected chi connectivity index (χ4v) is 0.314. The Hall–Kier alpha value is -0.520. The molecular weight excluding hydrogens is 100 g/mol. The first kappa shape index (κ1) is 7.48. The number of nitrogens with two attached hydrogens (primary N) is 1. The topological polar surface area (TPSA) is 38.0 Å². The van der Waals surface area contributed by atoms with Crippen LogP contribution in [0.4, 0.5) is 0 Å². The van der Waals surface area contributed by atoms with Crippen molar-refractivity contribution in [3.63, 3.8) is 0 Å². The van der Waals surface area contributed by atoms with Crippen LogP contribution in [0.15, 0.2) is 0 Å². The average molecular weight is 112 g/mol. The van der Waals surface area contributed by atoms with Crippen LogP contribution in [-0.4, -0.2) is 6.04 Å². The van der Waals surface area contributed by atoms with E-state index in [1.54, 1.807) is 0 Å². The molecule has 2 nitrogen and oxygen atoms in total. The first-order chi connectivity index (χ1) is 3.81. The van der Waals surface area contributed by atoms with Crippen LogP contribution >= 0.6 is 0 Å². The minimum atomic E-state index is 0.308. The zero-order valence-corrected chi connectivity index (χ0v) is 5.36. The predicted octanol–water partition coefficient (Wildman–Crippen LogP) is 0.252. The van der Waals surface area contributed by atoms with Gasteiger partial charge in [-0.3, -0.25) is 11.3 Å². The Morgan fingerprint density at radius 2 is 2.38 bits per heavy atom. The van der Waals surface area contributed by atoms with Crippen molar-refractivity contribution in [1.29, 1.82) is 0 Å². The number of hydrogen-bond donors (Lipinski definition) is 2. The van der Waals surface area contributed by atoms with Crippen molar-refractivity contribution in [3.8, 4) is 11.8 Å². The molecule has 0 aliphatic heterocycles. The molecule has 1 unspecified atom stereocenters. The van der Waals surface area contributed by atoms with E-state index in [1.807, 2.05) is 13.8 Å². The molecule has 0 aromatic heterocycles. The van der Waals surface area contributed by atoms with E-state index in [0.717, 1.165) is 6.42 Å². The minimum Gasteiger partial charge on any atom is -0.271 e. The van der Waals surface area contributed by atoms with Gasteiger partial charge in [-0.15, -0.1) is 11.8 Å². The molecule has 0 spiro atoms. The van der Waals surface area contributed by atoms with Crippen LogP contribution < -0.4 is 11.3 Å². The standard InChI is InChI=1S/C6H12N2/c1-3-4-5-6(2)8-7/h6,8H,5,7H2,1-2H3. The van der Waals surface area contributed by atoms with Gasteiger partial charge in [0.05, 0.1) is 0 Å². The van der Waals surface area contributed by atoms with E-state index < -0.39 is 0 Å². The lowest BCUT2D eigenvalue weighted by molar-refractivity contribution is 0.584. The maximum Gasteiger partial charge on any atom is 0.0291 e. The molecule has 0 aliphatic rings. The fourth-order valence-electron chi connectivity index (χ4n) is 0.314. The average Bonchev–Trinajstić information content (AvgIpc) is 1.83. The highest BCUT2D eigenvalue weighted by molar-refractivity contribution is 4.96. The van der Waals surface area contributed by atoms with Gasteiger partial charge in [-0.05, 0) is 13.8 Å². The van der Waals surface area contributed by atoms with Crippen LogP contribution in [0.3, 0.4) is 0 Å². The molecule has 0 aromatic carbocycles. The number of hydrogen-bond acceptors (Lipinski definition) is 2. The van der Waals surface area contributed by atoms with Gasteiger partial charge in [0, 0.05) is 12.5 Å². The lowest BCUT2D eigenvalue weighted by atomic mass is 10.2. The Morgan fingerprint density at radius 3 is 2.75 bits per heavy atom. The molecule has 46 valence electrons. The highest BCUT2D eigenvalue weighted by atomic mass is 15.2. The Labute approximate surface area is 50.4 Å². The van der Waals surface area contributed by atoms with Gasteiger partial charge < -0.3 is 0 Å². The molecule has 1 atom stereocenters. The summed E-state index contributed by atoms with van der Waals surface area (Å²) in [7, 11) is 0. The van der Waals surface area contributed by atoms with Crippen molar-refractivity contribution >= 4 is 0 Å². The second kappa shape index (κ2) is 4.63. The maximum atomic E-state index is 5.10. The molecule has 8 heavy (non-hydrogen) atoms. The molecule has 0 heterocycles. The second-order valence-corrected chi connectivity index (χ2v) is 1.70. The Balaban J connectivity index is 3.19. The largest absolute Gasteiger partial charge is 0.271 e. The Bertz CT molecular complexity index is 98.8. The van der Waals surface area contributed by atoms with Gasteiger partial charge in [0.15, 0.2) is 0 Å². The van der Waals surface area contributed by atoms with Gasteiger partial charge >= 0.3 is 0 Å². The zero-order chi connectivity index (χ0) is 6.41. The highest BCUT2D eigenvalue weighted by Crippen LogP contribution is 1.82. The maximum absolute atomic E-state index is 5.10. The van der Waals surface area contributed by atoms with Crippen molar-refractivity contribution in [2.45, 2.75) is 26.3 Å². The van der Waals surface area contributed by atoms with Crippen LogP contribution in [0.25, 0.3) is 0 Å². The Morgan fingerprint density at radius 1 is 1.75 bits per heavy atom. The predicted molar refractivity (Wildman–Crippen MR) is 34.9 cm³/mol. The third-order valence-corrected chi connectivity index (χ3v) is 0.870. The van der Waals surface area contributed by atoms with Gasteiger partial charge in [-0.25, -0.2) is 0 Å². The van der Waals surface area contributed by atoms with E-state index in [1.165, 1.54) is 0 Å². The summed E-state index contributed by atoms with van der Waals surface area (Å²) in [5.74, 6) is 10.8. The summed E-state index contributed by atoms with van der Waals surface area (Å²) in [6, 6.07) is 0.308. The Kier molecular flexibility index (Phi) is 4.33. The number of hydrazine groups is 1. The number of nitrogens with one attached hydrogen (secondary N) is 1. The van der Waals surface area contributed by atoms with Crippen LogP contribution in [0.2, 0.25) is 0 Å². The molecule has 0 aromatic rings. The summed E-state index contributed by atoms with van der Waals surface area (Å²) in [4.78, 5) is 0. The molecular formula is C6H12N2. The molecule has 0 saturated heterocycles. The molecule has 0 fully saturated rings.